The number of rotatable bonds is 6. The van der Waals surface area contributed by atoms with Gasteiger partial charge in [0, 0.05) is 13.1 Å². The first kappa shape index (κ1) is 15.9. The Labute approximate surface area is 103 Å². The quantitative estimate of drug-likeness (QED) is 0.758. The lowest BCUT2D eigenvalue weighted by molar-refractivity contribution is -0.151. The zero-order valence-corrected chi connectivity index (χ0v) is 11.6. The van der Waals surface area contributed by atoms with E-state index in [2.05, 4.69) is 0 Å². The summed E-state index contributed by atoms with van der Waals surface area (Å²) in [4.78, 5) is 26.3. The molecule has 1 amide bonds. The van der Waals surface area contributed by atoms with Crippen LogP contribution < -0.4 is 0 Å². The summed E-state index contributed by atoms with van der Waals surface area (Å²) in [5.74, 6) is -0.976. The highest BCUT2D eigenvalue weighted by molar-refractivity contribution is 5.81. The highest BCUT2D eigenvalue weighted by atomic mass is 16.4. The minimum atomic E-state index is -1.03. The third kappa shape index (κ3) is 4.00. The summed E-state index contributed by atoms with van der Waals surface area (Å²) in [6.45, 7) is 9.59. The Morgan fingerprint density at radius 2 is 1.76 bits per heavy atom. The van der Waals surface area contributed by atoms with Crippen LogP contribution in [0.1, 0.15) is 34.6 Å². The van der Waals surface area contributed by atoms with Crippen molar-refractivity contribution in [3.63, 3.8) is 0 Å². The van der Waals surface area contributed by atoms with Gasteiger partial charge in [0.2, 0.25) is 5.91 Å². The number of hydrogen-bond donors (Lipinski definition) is 1. The highest BCUT2D eigenvalue weighted by Crippen LogP contribution is 2.14. The minimum Gasteiger partial charge on any atom is -0.480 e. The van der Waals surface area contributed by atoms with E-state index in [0.717, 1.165) is 0 Å². The van der Waals surface area contributed by atoms with Crippen molar-refractivity contribution in [1.29, 1.82) is 0 Å². The van der Waals surface area contributed by atoms with Crippen LogP contribution in [0.5, 0.6) is 0 Å². The predicted octanol–water partition coefficient (Wildman–Crippen LogP) is 1.04. The normalized spacial score (nSPS) is 12.0. The van der Waals surface area contributed by atoms with Crippen molar-refractivity contribution in [2.75, 3.05) is 20.1 Å². The molecule has 0 aromatic rings. The Bertz CT molecular complexity index is 287. The van der Waals surface area contributed by atoms with Gasteiger partial charge in [-0.25, -0.2) is 0 Å². The molecule has 0 radical (unpaired) electrons. The van der Waals surface area contributed by atoms with Gasteiger partial charge in [-0.15, -0.1) is 0 Å². The van der Waals surface area contributed by atoms with E-state index >= 15 is 0 Å². The summed E-state index contributed by atoms with van der Waals surface area (Å²) < 4.78 is 0. The Morgan fingerprint density at radius 3 is 2.06 bits per heavy atom. The number of likely N-dealkylation sites (N-methyl/N-ethyl adjacent to an activating group) is 2. The van der Waals surface area contributed by atoms with Crippen molar-refractivity contribution in [3.8, 4) is 0 Å². The lowest BCUT2D eigenvalue weighted by Crippen LogP contribution is -2.54. The van der Waals surface area contributed by atoms with E-state index in [4.69, 9.17) is 5.11 Å². The third-order valence-electron chi connectivity index (χ3n) is 3.19. The average Bonchev–Trinajstić information content (AvgIpc) is 2.23. The van der Waals surface area contributed by atoms with Crippen LogP contribution in [0, 0.1) is 0 Å². The topological polar surface area (TPSA) is 60.9 Å². The van der Waals surface area contributed by atoms with E-state index < -0.39 is 11.5 Å². The minimum absolute atomic E-state index is 0.0591. The molecule has 0 spiro atoms. The van der Waals surface area contributed by atoms with Crippen LogP contribution in [0.25, 0.3) is 0 Å². The molecule has 0 heterocycles. The van der Waals surface area contributed by atoms with E-state index in [-0.39, 0.29) is 18.5 Å². The zero-order valence-electron chi connectivity index (χ0n) is 11.6. The molecule has 0 aromatic carbocycles. The Hall–Kier alpha value is -1.10. The van der Waals surface area contributed by atoms with Crippen LogP contribution >= 0.6 is 0 Å². The number of hydrogen-bond acceptors (Lipinski definition) is 3. The van der Waals surface area contributed by atoms with Crippen LogP contribution in [0.15, 0.2) is 0 Å². The second-order valence-electron chi connectivity index (χ2n) is 4.98. The first-order chi connectivity index (χ1) is 7.64. The first-order valence-electron chi connectivity index (χ1n) is 5.88. The monoisotopic (exact) mass is 244 g/mol. The summed E-state index contributed by atoms with van der Waals surface area (Å²) in [6, 6.07) is 0.120. The maximum absolute atomic E-state index is 11.9. The summed E-state index contributed by atoms with van der Waals surface area (Å²) in [6.07, 6.45) is 0. The maximum Gasteiger partial charge on any atom is 0.323 e. The van der Waals surface area contributed by atoms with Gasteiger partial charge in [-0.3, -0.25) is 14.5 Å². The molecule has 0 unspecified atom stereocenters. The van der Waals surface area contributed by atoms with Crippen molar-refractivity contribution in [1.82, 2.24) is 9.80 Å². The summed E-state index contributed by atoms with van der Waals surface area (Å²) >= 11 is 0. The van der Waals surface area contributed by atoms with E-state index in [1.54, 1.807) is 30.7 Å². The maximum atomic E-state index is 11.9. The number of carboxylic acid groups (broad SMARTS) is 1. The Morgan fingerprint density at radius 1 is 1.29 bits per heavy atom. The molecule has 100 valence electrons. The summed E-state index contributed by atoms with van der Waals surface area (Å²) in [7, 11) is 1.73. The second-order valence-corrected chi connectivity index (χ2v) is 4.98. The molecule has 0 aromatic heterocycles. The number of amides is 1. The molecule has 5 nitrogen and oxygen atoms in total. The molecule has 0 saturated carbocycles. The number of carbonyl (C=O) groups is 2. The molecule has 0 saturated heterocycles. The van der Waals surface area contributed by atoms with Gasteiger partial charge in [-0.2, -0.15) is 0 Å². The SMILES string of the molecule is CCN(CC(=O)N(C)C(C)C)C(C)(C)C(=O)O. The zero-order chi connectivity index (χ0) is 13.8. The fourth-order valence-corrected chi connectivity index (χ4v) is 1.40. The molecule has 17 heavy (non-hydrogen) atoms. The number of aliphatic carboxylic acids is 1. The van der Waals surface area contributed by atoms with E-state index in [9.17, 15) is 9.59 Å². The average molecular weight is 244 g/mol. The van der Waals surface area contributed by atoms with Crippen LogP contribution in [0.3, 0.4) is 0 Å². The van der Waals surface area contributed by atoms with Gasteiger partial charge in [0.1, 0.15) is 5.54 Å². The first-order valence-corrected chi connectivity index (χ1v) is 5.88. The molecular weight excluding hydrogens is 220 g/mol. The number of carboxylic acids is 1. The van der Waals surface area contributed by atoms with Gasteiger partial charge in [0.15, 0.2) is 0 Å². The van der Waals surface area contributed by atoms with Crippen molar-refractivity contribution in [2.24, 2.45) is 0 Å². The smallest absolute Gasteiger partial charge is 0.323 e. The standard InChI is InChI=1S/C12H24N2O3/c1-7-14(12(4,5)11(16)17)8-10(15)13(6)9(2)3/h9H,7-8H2,1-6H3,(H,16,17). The largest absolute Gasteiger partial charge is 0.480 e. The van der Waals surface area contributed by atoms with Crippen molar-refractivity contribution in [2.45, 2.75) is 46.2 Å². The van der Waals surface area contributed by atoms with Crippen LogP contribution in [-0.2, 0) is 9.59 Å². The number of carbonyl (C=O) groups excluding carboxylic acids is 1. The third-order valence-corrected chi connectivity index (χ3v) is 3.19. The summed E-state index contributed by atoms with van der Waals surface area (Å²) in [5.41, 5.74) is -1.03. The van der Waals surface area contributed by atoms with Crippen LogP contribution in [0.2, 0.25) is 0 Å². The van der Waals surface area contributed by atoms with Crippen molar-refractivity contribution < 1.29 is 14.7 Å². The Kier molecular flexibility index (Phi) is 5.61. The van der Waals surface area contributed by atoms with Gasteiger partial charge in [-0.05, 0) is 34.2 Å². The van der Waals surface area contributed by atoms with Gasteiger partial charge in [0.05, 0.1) is 6.54 Å². The van der Waals surface area contributed by atoms with Gasteiger partial charge < -0.3 is 10.0 Å². The van der Waals surface area contributed by atoms with Gasteiger partial charge in [0.25, 0.3) is 0 Å². The molecule has 0 rings (SSSR count). The molecule has 1 N–H and O–H groups in total. The van der Waals surface area contributed by atoms with Gasteiger partial charge in [-0.1, -0.05) is 6.92 Å². The lowest BCUT2D eigenvalue weighted by Gasteiger charge is -2.35. The molecule has 0 aliphatic rings. The molecule has 5 heteroatoms. The van der Waals surface area contributed by atoms with E-state index in [1.807, 2.05) is 20.8 Å². The van der Waals surface area contributed by atoms with Crippen molar-refractivity contribution in [3.05, 3.63) is 0 Å². The van der Waals surface area contributed by atoms with Crippen LogP contribution in [-0.4, -0.2) is 58.5 Å². The van der Waals surface area contributed by atoms with Gasteiger partial charge >= 0.3 is 5.97 Å². The van der Waals surface area contributed by atoms with Crippen molar-refractivity contribution >= 4 is 11.9 Å². The molecule has 0 bridgehead atoms. The number of nitrogens with zero attached hydrogens (tertiary/aromatic N) is 2. The predicted molar refractivity (Wildman–Crippen MR) is 66.9 cm³/mol. The van der Waals surface area contributed by atoms with E-state index in [0.29, 0.717) is 6.54 Å². The molecule has 0 aliphatic heterocycles. The summed E-state index contributed by atoms with van der Waals surface area (Å²) in [5, 5.41) is 9.14. The molecule has 0 atom stereocenters. The molecular formula is C12H24N2O3. The fraction of sp³-hybridized carbons (Fsp3) is 0.833. The van der Waals surface area contributed by atoms with E-state index in [1.165, 1.54) is 0 Å². The molecule has 0 aliphatic carbocycles. The second kappa shape index (κ2) is 6.00. The fourth-order valence-electron chi connectivity index (χ4n) is 1.40. The molecule has 0 fully saturated rings. The Balaban J connectivity index is 4.73. The lowest BCUT2D eigenvalue weighted by atomic mass is 10.0. The highest BCUT2D eigenvalue weighted by Gasteiger charge is 2.35. The van der Waals surface area contributed by atoms with Crippen LogP contribution in [0.4, 0.5) is 0 Å².